The van der Waals surface area contributed by atoms with Gasteiger partial charge < -0.3 is 14.7 Å². The quantitative estimate of drug-likeness (QED) is 0.928. The van der Waals surface area contributed by atoms with E-state index < -0.39 is 5.97 Å². The summed E-state index contributed by atoms with van der Waals surface area (Å²) in [5, 5.41) is 9.36. The lowest BCUT2D eigenvalue weighted by atomic mass is 10.1. The summed E-state index contributed by atoms with van der Waals surface area (Å²) < 4.78 is 5.32. The second kappa shape index (κ2) is 7.39. The molecule has 7 heteroatoms. The first-order valence-corrected chi connectivity index (χ1v) is 7.15. The Morgan fingerprint density at radius 2 is 2.04 bits per heavy atom. The zero-order valence-corrected chi connectivity index (χ0v) is 13.5. The van der Waals surface area contributed by atoms with Gasteiger partial charge in [-0.15, -0.1) is 12.4 Å². The third kappa shape index (κ3) is 3.78. The van der Waals surface area contributed by atoms with Crippen LogP contribution in [0.3, 0.4) is 0 Å². The molecule has 1 aromatic carbocycles. The second-order valence-electron chi connectivity index (χ2n) is 5.20. The van der Waals surface area contributed by atoms with Gasteiger partial charge in [-0.25, -0.2) is 14.8 Å². The molecule has 1 saturated heterocycles. The van der Waals surface area contributed by atoms with Gasteiger partial charge >= 0.3 is 5.97 Å². The van der Waals surface area contributed by atoms with Crippen LogP contribution in [0.25, 0.3) is 11.4 Å². The van der Waals surface area contributed by atoms with Gasteiger partial charge in [0.2, 0.25) is 0 Å². The fraction of sp³-hybridized carbons (Fsp3) is 0.312. The Morgan fingerprint density at radius 1 is 1.30 bits per heavy atom. The lowest BCUT2D eigenvalue weighted by Gasteiger charge is -2.28. The molecule has 0 atom stereocenters. The molecular formula is C16H18ClN3O3. The third-order valence-electron chi connectivity index (χ3n) is 3.59. The Bertz CT molecular complexity index is 703. The van der Waals surface area contributed by atoms with E-state index in [0.717, 1.165) is 11.1 Å². The molecule has 6 nitrogen and oxygen atoms in total. The van der Waals surface area contributed by atoms with Crippen LogP contribution in [0.1, 0.15) is 15.9 Å². The third-order valence-corrected chi connectivity index (χ3v) is 3.59. The molecule has 23 heavy (non-hydrogen) atoms. The number of rotatable bonds is 3. The number of hydrogen-bond acceptors (Lipinski definition) is 5. The molecule has 1 fully saturated rings. The van der Waals surface area contributed by atoms with Crippen LogP contribution in [-0.2, 0) is 4.74 Å². The summed E-state index contributed by atoms with van der Waals surface area (Å²) in [5.41, 5.74) is 2.11. The predicted octanol–water partition coefficient (Wildman–Crippen LogP) is 2.41. The highest BCUT2D eigenvalue weighted by Gasteiger charge is 2.21. The number of hydrogen-bond donors (Lipinski definition) is 1. The van der Waals surface area contributed by atoms with Crippen molar-refractivity contribution >= 4 is 24.2 Å². The Morgan fingerprint density at radius 3 is 2.70 bits per heavy atom. The van der Waals surface area contributed by atoms with Crippen LogP contribution in [-0.4, -0.2) is 47.3 Å². The van der Waals surface area contributed by atoms with Gasteiger partial charge in [-0.3, -0.25) is 0 Å². The molecule has 2 heterocycles. The summed E-state index contributed by atoms with van der Waals surface area (Å²) in [5.74, 6) is -0.0187. The lowest BCUT2D eigenvalue weighted by molar-refractivity contribution is 0.0695. The molecular weight excluding hydrogens is 318 g/mol. The molecule has 0 aliphatic carbocycles. The maximum absolute atomic E-state index is 11.4. The van der Waals surface area contributed by atoms with Crippen molar-refractivity contribution < 1.29 is 14.6 Å². The first-order chi connectivity index (χ1) is 10.6. The fourth-order valence-electron chi connectivity index (χ4n) is 2.46. The van der Waals surface area contributed by atoms with E-state index in [2.05, 4.69) is 9.97 Å². The van der Waals surface area contributed by atoms with E-state index in [1.807, 2.05) is 36.1 Å². The molecule has 2 aromatic rings. The minimum atomic E-state index is -1.02. The molecule has 1 aromatic heterocycles. The van der Waals surface area contributed by atoms with Gasteiger partial charge in [-0.2, -0.15) is 0 Å². The van der Waals surface area contributed by atoms with E-state index in [0.29, 0.717) is 37.9 Å². The average Bonchev–Trinajstić information content (AvgIpc) is 2.55. The summed E-state index contributed by atoms with van der Waals surface area (Å²) in [6, 6.07) is 7.84. The molecule has 0 unspecified atom stereocenters. The highest BCUT2D eigenvalue weighted by molar-refractivity contribution is 5.93. The number of aromatic nitrogens is 2. The van der Waals surface area contributed by atoms with Crippen LogP contribution in [0.15, 0.2) is 30.5 Å². The molecule has 0 radical (unpaired) electrons. The number of carbonyl (C=O) groups is 1. The number of benzene rings is 1. The topological polar surface area (TPSA) is 75.5 Å². The molecule has 0 bridgehead atoms. The Labute approximate surface area is 140 Å². The number of aryl methyl sites for hydroxylation is 1. The van der Waals surface area contributed by atoms with Crippen molar-refractivity contribution in [1.29, 1.82) is 0 Å². The fourth-order valence-corrected chi connectivity index (χ4v) is 2.46. The van der Waals surface area contributed by atoms with Crippen LogP contribution < -0.4 is 4.90 Å². The number of morpholine rings is 1. The van der Waals surface area contributed by atoms with Crippen molar-refractivity contribution in [2.45, 2.75) is 6.92 Å². The summed E-state index contributed by atoms with van der Waals surface area (Å²) in [7, 11) is 0. The van der Waals surface area contributed by atoms with Crippen molar-refractivity contribution in [1.82, 2.24) is 9.97 Å². The first-order valence-electron chi connectivity index (χ1n) is 7.15. The van der Waals surface area contributed by atoms with Crippen LogP contribution >= 0.6 is 12.4 Å². The summed E-state index contributed by atoms with van der Waals surface area (Å²) in [4.78, 5) is 22.1. The molecule has 0 spiro atoms. The number of halogens is 1. The van der Waals surface area contributed by atoms with Gasteiger partial charge in [0.15, 0.2) is 5.82 Å². The average molecular weight is 336 g/mol. The van der Waals surface area contributed by atoms with E-state index in [1.165, 1.54) is 6.20 Å². The van der Waals surface area contributed by atoms with Crippen LogP contribution in [0.5, 0.6) is 0 Å². The van der Waals surface area contributed by atoms with E-state index in [1.54, 1.807) is 0 Å². The number of aromatic carboxylic acids is 1. The van der Waals surface area contributed by atoms with Gasteiger partial charge in [0.05, 0.1) is 13.2 Å². The van der Waals surface area contributed by atoms with E-state index in [9.17, 15) is 9.90 Å². The normalized spacial score (nSPS) is 14.2. The van der Waals surface area contributed by atoms with E-state index in [-0.39, 0.29) is 18.0 Å². The SMILES string of the molecule is Cc1cccc(-c2ncc(C(=O)O)c(N3CCOCC3)n2)c1.Cl. The monoisotopic (exact) mass is 335 g/mol. The Balaban J connectivity index is 0.00000192. The summed E-state index contributed by atoms with van der Waals surface area (Å²) in [6.45, 7) is 4.40. The van der Waals surface area contributed by atoms with Gasteiger partial charge in [0, 0.05) is 24.8 Å². The molecule has 3 rings (SSSR count). The largest absolute Gasteiger partial charge is 0.477 e. The molecule has 1 N–H and O–H groups in total. The van der Waals surface area contributed by atoms with Crippen LogP contribution in [0.4, 0.5) is 5.82 Å². The summed E-state index contributed by atoms with van der Waals surface area (Å²) >= 11 is 0. The number of carboxylic acid groups (broad SMARTS) is 1. The maximum atomic E-state index is 11.4. The lowest BCUT2D eigenvalue weighted by Crippen LogP contribution is -2.37. The highest BCUT2D eigenvalue weighted by atomic mass is 35.5. The molecule has 1 aliphatic heterocycles. The van der Waals surface area contributed by atoms with Crippen LogP contribution in [0.2, 0.25) is 0 Å². The highest BCUT2D eigenvalue weighted by Crippen LogP contribution is 2.23. The van der Waals surface area contributed by atoms with Gasteiger partial charge in [-0.1, -0.05) is 23.8 Å². The van der Waals surface area contributed by atoms with Gasteiger partial charge in [0.1, 0.15) is 11.4 Å². The zero-order valence-electron chi connectivity index (χ0n) is 12.7. The number of anilines is 1. The smallest absolute Gasteiger partial charge is 0.341 e. The maximum Gasteiger partial charge on any atom is 0.341 e. The Hall–Kier alpha value is -2.18. The van der Waals surface area contributed by atoms with Crippen molar-refractivity contribution in [2.75, 3.05) is 31.2 Å². The molecule has 0 saturated carbocycles. The molecule has 1 aliphatic rings. The minimum Gasteiger partial charge on any atom is -0.477 e. The second-order valence-corrected chi connectivity index (χ2v) is 5.20. The van der Waals surface area contributed by atoms with Crippen molar-refractivity contribution in [3.05, 3.63) is 41.6 Å². The van der Waals surface area contributed by atoms with Crippen molar-refractivity contribution in [3.8, 4) is 11.4 Å². The standard InChI is InChI=1S/C16H17N3O3.ClH/c1-11-3-2-4-12(9-11)14-17-10-13(16(20)21)15(18-14)19-5-7-22-8-6-19;/h2-4,9-10H,5-8H2,1H3,(H,20,21);1H. The zero-order chi connectivity index (χ0) is 15.5. The number of ether oxygens (including phenoxy) is 1. The van der Waals surface area contributed by atoms with Crippen LogP contribution in [0, 0.1) is 6.92 Å². The number of carboxylic acids is 1. The van der Waals surface area contributed by atoms with E-state index in [4.69, 9.17) is 4.74 Å². The van der Waals surface area contributed by atoms with Gasteiger partial charge in [-0.05, 0) is 13.0 Å². The van der Waals surface area contributed by atoms with Crippen molar-refractivity contribution in [2.24, 2.45) is 0 Å². The number of nitrogens with zero attached hydrogens (tertiary/aromatic N) is 3. The van der Waals surface area contributed by atoms with E-state index >= 15 is 0 Å². The summed E-state index contributed by atoms with van der Waals surface area (Å²) in [6.07, 6.45) is 1.39. The minimum absolute atomic E-state index is 0. The molecule has 0 amide bonds. The van der Waals surface area contributed by atoms with Crippen molar-refractivity contribution in [3.63, 3.8) is 0 Å². The first kappa shape index (κ1) is 17.2. The van der Waals surface area contributed by atoms with Gasteiger partial charge in [0.25, 0.3) is 0 Å². The predicted molar refractivity (Wildman–Crippen MR) is 89.4 cm³/mol. The molecule has 122 valence electrons. The Kier molecular flexibility index (Phi) is 5.52.